The lowest BCUT2D eigenvalue weighted by atomic mass is 9.95. The second-order valence-corrected chi connectivity index (χ2v) is 6.62. The standard InChI is InChI=1S/C17H27ClN2O/c1-14(16-4-3-5-17(18)12-16)19(2)13-15-6-8-20(9-7-15)10-11-21/h3-5,12,14-15,21H,6-11,13H2,1-2H3/t14-/m1/s1. The lowest BCUT2D eigenvalue weighted by molar-refractivity contribution is 0.121. The molecule has 0 amide bonds. The van der Waals surface area contributed by atoms with E-state index >= 15 is 0 Å². The Bertz CT molecular complexity index is 433. The molecule has 0 unspecified atom stereocenters. The molecule has 4 heteroatoms. The number of rotatable bonds is 6. The van der Waals surface area contributed by atoms with Crippen LogP contribution >= 0.6 is 11.6 Å². The van der Waals surface area contributed by atoms with Gasteiger partial charge >= 0.3 is 0 Å². The fourth-order valence-corrected chi connectivity index (χ4v) is 3.32. The Morgan fingerprint density at radius 2 is 2.10 bits per heavy atom. The third-order valence-electron chi connectivity index (χ3n) is 4.66. The van der Waals surface area contributed by atoms with E-state index in [1.54, 1.807) is 0 Å². The second kappa shape index (κ2) is 8.14. The fourth-order valence-electron chi connectivity index (χ4n) is 3.12. The van der Waals surface area contributed by atoms with Crippen LogP contribution in [0.5, 0.6) is 0 Å². The van der Waals surface area contributed by atoms with E-state index in [0.29, 0.717) is 6.04 Å². The summed E-state index contributed by atoms with van der Waals surface area (Å²) in [7, 11) is 2.20. The Kier molecular flexibility index (Phi) is 6.49. The van der Waals surface area contributed by atoms with Crippen LogP contribution in [-0.2, 0) is 0 Å². The maximum absolute atomic E-state index is 8.99. The van der Waals surface area contributed by atoms with Crippen LogP contribution in [0.2, 0.25) is 5.02 Å². The first kappa shape index (κ1) is 16.8. The van der Waals surface area contributed by atoms with Crippen molar-refractivity contribution in [3.63, 3.8) is 0 Å². The quantitative estimate of drug-likeness (QED) is 0.875. The highest BCUT2D eigenvalue weighted by atomic mass is 35.5. The van der Waals surface area contributed by atoms with E-state index in [-0.39, 0.29) is 6.61 Å². The molecule has 0 aromatic heterocycles. The first-order valence-electron chi connectivity index (χ1n) is 7.89. The smallest absolute Gasteiger partial charge is 0.0558 e. The van der Waals surface area contributed by atoms with Crippen molar-refractivity contribution in [2.75, 3.05) is 39.8 Å². The third-order valence-corrected chi connectivity index (χ3v) is 4.90. The summed E-state index contributed by atoms with van der Waals surface area (Å²) in [6.45, 7) is 6.69. The van der Waals surface area contributed by atoms with E-state index in [9.17, 15) is 0 Å². The third kappa shape index (κ3) is 4.96. The van der Waals surface area contributed by atoms with Gasteiger partial charge in [0.05, 0.1) is 6.61 Å². The summed E-state index contributed by atoms with van der Waals surface area (Å²) in [6.07, 6.45) is 2.46. The summed E-state index contributed by atoms with van der Waals surface area (Å²) in [5, 5.41) is 9.80. The van der Waals surface area contributed by atoms with E-state index in [4.69, 9.17) is 16.7 Å². The number of nitrogens with zero attached hydrogens (tertiary/aromatic N) is 2. The number of aliphatic hydroxyl groups excluding tert-OH is 1. The molecule has 1 aliphatic rings. The molecular weight excluding hydrogens is 284 g/mol. The molecule has 0 bridgehead atoms. The lowest BCUT2D eigenvalue weighted by Crippen LogP contribution is -2.39. The van der Waals surface area contributed by atoms with Gasteiger partial charge in [-0.05, 0) is 63.5 Å². The average Bonchev–Trinajstić information content (AvgIpc) is 2.48. The first-order valence-corrected chi connectivity index (χ1v) is 8.27. The maximum atomic E-state index is 8.99. The number of piperidine rings is 1. The van der Waals surface area contributed by atoms with Crippen molar-refractivity contribution in [2.45, 2.75) is 25.8 Å². The van der Waals surface area contributed by atoms with Gasteiger partial charge in [-0.3, -0.25) is 4.90 Å². The molecule has 1 aromatic carbocycles. The summed E-state index contributed by atoms with van der Waals surface area (Å²) < 4.78 is 0. The van der Waals surface area contributed by atoms with E-state index < -0.39 is 0 Å². The number of hydrogen-bond donors (Lipinski definition) is 1. The average molecular weight is 311 g/mol. The predicted molar refractivity (Wildman–Crippen MR) is 88.7 cm³/mol. The van der Waals surface area contributed by atoms with Gasteiger partial charge in [0.1, 0.15) is 0 Å². The molecule has 2 rings (SSSR count). The Morgan fingerprint density at radius 3 is 2.71 bits per heavy atom. The molecule has 0 spiro atoms. The summed E-state index contributed by atoms with van der Waals surface area (Å²) >= 11 is 6.09. The predicted octanol–water partition coefficient (Wildman–Crippen LogP) is 3.04. The van der Waals surface area contributed by atoms with E-state index in [2.05, 4.69) is 35.9 Å². The van der Waals surface area contributed by atoms with E-state index in [1.807, 2.05) is 12.1 Å². The molecule has 1 heterocycles. The molecule has 3 nitrogen and oxygen atoms in total. The molecule has 1 atom stereocenters. The van der Waals surface area contributed by atoms with Crippen molar-refractivity contribution in [3.8, 4) is 0 Å². The van der Waals surface area contributed by atoms with Gasteiger partial charge in [-0.15, -0.1) is 0 Å². The van der Waals surface area contributed by atoms with Crippen LogP contribution in [0.3, 0.4) is 0 Å². The zero-order valence-electron chi connectivity index (χ0n) is 13.1. The largest absolute Gasteiger partial charge is 0.395 e. The van der Waals surface area contributed by atoms with Gasteiger partial charge in [0.25, 0.3) is 0 Å². The number of β-amino-alcohol motifs (C(OH)–C–C–N with tert-alkyl or cyclic N) is 1. The number of halogens is 1. The maximum Gasteiger partial charge on any atom is 0.0558 e. The minimum Gasteiger partial charge on any atom is -0.395 e. The molecular formula is C17H27ClN2O. The molecule has 1 saturated heterocycles. The summed E-state index contributed by atoms with van der Waals surface area (Å²) in [5.74, 6) is 0.756. The molecule has 1 fully saturated rings. The monoisotopic (exact) mass is 310 g/mol. The molecule has 0 radical (unpaired) electrons. The van der Waals surface area contributed by atoms with Gasteiger partial charge in [-0.2, -0.15) is 0 Å². The molecule has 21 heavy (non-hydrogen) atoms. The van der Waals surface area contributed by atoms with Crippen molar-refractivity contribution >= 4 is 11.6 Å². The Balaban J connectivity index is 1.83. The minimum atomic E-state index is 0.274. The van der Waals surface area contributed by atoms with Crippen LogP contribution < -0.4 is 0 Å². The van der Waals surface area contributed by atoms with E-state index in [0.717, 1.165) is 37.1 Å². The van der Waals surface area contributed by atoms with Crippen LogP contribution in [0.1, 0.15) is 31.4 Å². The number of likely N-dealkylation sites (tertiary alicyclic amines) is 1. The fraction of sp³-hybridized carbons (Fsp3) is 0.647. The van der Waals surface area contributed by atoms with Crippen LogP contribution in [0.15, 0.2) is 24.3 Å². The Labute approximate surface area is 133 Å². The van der Waals surface area contributed by atoms with Crippen molar-refractivity contribution in [1.82, 2.24) is 9.80 Å². The van der Waals surface area contributed by atoms with Gasteiger partial charge in [0, 0.05) is 24.2 Å². The Morgan fingerprint density at radius 1 is 1.38 bits per heavy atom. The molecule has 1 aromatic rings. The summed E-state index contributed by atoms with van der Waals surface area (Å²) in [5.41, 5.74) is 1.28. The van der Waals surface area contributed by atoms with Crippen molar-refractivity contribution < 1.29 is 5.11 Å². The summed E-state index contributed by atoms with van der Waals surface area (Å²) in [4.78, 5) is 4.79. The van der Waals surface area contributed by atoms with Gasteiger partial charge in [0.15, 0.2) is 0 Å². The summed E-state index contributed by atoms with van der Waals surface area (Å²) in [6, 6.07) is 8.55. The van der Waals surface area contributed by atoms with Crippen LogP contribution in [0.25, 0.3) is 0 Å². The molecule has 1 aliphatic heterocycles. The highest BCUT2D eigenvalue weighted by Gasteiger charge is 2.22. The molecule has 118 valence electrons. The first-order chi connectivity index (χ1) is 10.1. The highest BCUT2D eigenvalue weighted by Crippen LogP contribution is 2.25. The van der Waals surface area contributed by atoms with Crippen molar-refractivity contribution in [2.24, 2.45) is 5.92 Å². The SMILES string of the molecule is C[C@H](c1cccc(Cl)c1)N(C)CC1CCN(CCO)CC1. The molecule has 1 N–H and O–H groups in total. The molecule has 0 saturated carbocycles. The normalized spacial score (nSPS) is 19.1. The van der Waals surface area contributed by atoms with Crippen LogP contribution in [-0.4, -0.2) is 54.7 Å². The number of hydrogen-bond acceptors (Lipinski definition) is 3. The van der Waals surface area contributed by atoms with E-state index in [1.165, 1.54) is 18.4 Å². The topological polar surface area (TPSA) is 26.7 Å². The minimum absolute atomic E-state index is 0.274. The zero-order chi connectivity index (χ0) is 15.2. The van der Waals surface area contributed by atoms with Gasteiger partial charge in [-0.25, -0.2) is 0 Å². The zero-order valence-corrected chi connectivity index (χ0v) is 13.9. The second-order valence-electron chi connectivity index (χ2n) is 6.18. The van der Waals surface area contributed by atoms with Crippen molar-refractivity contribution in [3.05, 3.63) is 34.9 Å². The van der Waals surface area contributed by atoms with Crippen LogP contribution in [0, 0.1) is 5.92 Å². The van der Waals surface area contributed by atoms with Gasteiger partial charge < -0.3 is 10.0 Å². The number of benzene rings is 1. The van der Waals surface area contributed by atoms with Crippen LogP contribution in [0.4, 0.5) is 0 Å². The molecule has 0 aliphatic carbocycles. The van der Waals surface area contributed by atoms with Gasteiger partial charge in [0.2, 0.25) is 0 Å². The highest BCUT2D eigenvalue weighted by molar-refractivity contribution is 6.30. The van der Waals surface area contributed by atoms with Crippen molar-refractivity contribution in [1.29, 1.82) is 0 Å². The van der Waals surface area contributed by atoms with Gasteiger partial charge in [-0.1, -0.05) is 23.7 Å². The number of aliphatic hydroxyl groups is 1. The Hall–Kier alpha value is -0.610. The lowest BCUT2D eigenvalue weighted by Gasteiger charge is -2.35.